The van der Waals surface area contributed by atoms with Crippen LogP contribution in [0.4, 0.5) is 0 Å². The van der Waals surface area contributed by atoms with Crippen LogP contribution in [0.25, 0.3) is 0 Å². The maximum Gasteiger partial charge on any atom is 0.242 e. The molecule has 1 aromatic carbocycles. The van der Waals surface area contributed by atoms with Crippen molar-refractivity contribution >= 4 is 24.2 Å². The number of benzene rings is 1. The molecule has 0 unspecified atom stereocenters. The number of rotatable bonds is 2. The van der Waals surface area contributed by atoms with E-state index in [0.717, 1.165) is 10.2 Å². The monoisotopic (exact) mass is 258 g/mol. The van der Waals surface area contributed by atoms with Gasteiger partial charge in [0.15, 0.2) is 0 Å². The number of aryl methyl sites for hydroxylation is 1. The third kappa shape index (κ3) is 3.52. The second-order valence-corrected chi connectivity index (χ2v) is 9.43. The highest BCUT2D eigenvalue weighted by Gasteiger charge is 2.17. The van der Waals surface area contributed by atoms with Gasteiger partial charge in [0.2, 0.25) is 8.32 Å². The summed E-state index contributed by atoms with van der Waals surface area (Å²) in [5, 5.41) is 0. The van der Waals surface area contributed by atoms with Gasteiger partial charge in [-0.25, -0.2) is 0 Å². The van der Waals surface area contributed by atoms with Gasteiger partial charge in [-0.15, -0.1) is 0 Å². The highest BCUT2D eigenvalue weighted by molar-refractivity contribution is 9.10. The molecule has 0 aliphatic carbocycles. The minimum Gasteiger partial charge on any atom is -0.544 e. The standard InChI is InChI=1S/C10H15BrOSi/c1-8-5-6-10(9(11)7-8)12-13(2,3)4/h5-7H,1-4H3. The second-order valence-electron chi connectivity index (χ2n) is 4.15. The van der Waals surface area contributed by atoms with Crippen molar-refractivity contribution in [1.82, 2.24) is 0 Å². The molecule has 1 nitrogen and oxygen atoms in total. The summed E-state index contributed by atoms with van der Waals surface area (Å²) in [4.78, 5) is 0. The summed E-state index contributed by atoms with van der Waals surface area (Å²) in [6.07, 6.45) is 0. The Kier molecular flexibility index (Phi) is 3.19. The summed E-state index contributed by atoms with van der Waals surface area (Å²) in [7, 11) is -1.48. The van der Waals surface area contributed by atoms with E-state index in [1.807, 2.05) is 6.07 Å². The lowest BCUT2D eigenvalue weighted by Crippen LogP contribution is -2.29. The van der Waals surface area contributed by atoms with Crippen molar-refractivity contribution in [3.05, 3.63) is 28.2 Å². The van der Waals surface area contributed by atoms with Crippen LogP contribution in [0.15, 0.2) is 22.7 Å². The normalized spacial score (nSPS) is 11.5. The average molecular weight is 259 g/mol. The largest absolute Gasteiger partial charge is 0.544 e. The maximum absolute atomic E-state index is 5.88. The van der Waals surface area contributed by atoms with Crippen molar-refractivity contribution in [3.8, 4) is 5.75 Å². The quantitative estimate of drug-likeness (QED) is 0.730. The summed E-state index contributed by atoms with van der Waals surface area (Å²) >= 11 is 3.50. The van der Waals surface area contributed by atoms with Crippen LogP contribution in [0.3, 0.4) is 0 Å². The first-order valence-electron chi connectivity index (χ1n) is 4.34. The molecule has 0 radical (unpaired) electrons. The van der Waals surface area contributed by atoms with Crippen LogP contribution in [0, 0.1) is 6.92 Å². The molecular weight excluding hydrogens is 244 g/mol. The van der Waals surface area contributed by atoms with Crippen molar-refractivity contribution in [3.63, 3.8) is 0 Å². The lowest BCUT2D eigenvalue weighted by atomic mass is 10.2. The van der Waals surface area contributed by atoms with Crippen molar-refractivity contribution in [2.45, 2.75) is 26.6 Å². The molecule has 0 aliphatic heterocycles. The van der Waals surface area contributed by atoms with Crippen LogP contribution < -0.4 is 4.43 Å². The van der Waals surface area contributed by atoms with Crippen molar-refractivity contribution in [1.29, 1.82) is 0 Å². The van der Waals surface area contributed by atoms with E-state index in [1.54, 1.807) is 0 Å². The molecule has 0 bridgehead atoms. The lowest BCUT2D eigenvalue weighted by Gasteiger charge is -2.20. The fraction of sp³-hybridized carbons (Fsp3) is 0.400. The van der Waals surface area contributed by atoms with E-state index < -0.39 is 8.32 Å². The van der Waals surface area contributed by atoms with Crippen LogP contribution in [0.1, 0.15) is 5.56 Å². The summed E-state index contributed by atoms with van der Waals surface area (Å²) in [5.41, 5.74) is 1.25. The fourth-order valence-electron chi connectivity index (χ4n) is 1.02. The molecule has 0 saturated heterocycles. The minimum absolute atomic E-state index is 0.963. The van der Waals surface area contributed by atoms with Gasteiger partial charge in [-0.1, -0.05) is 6.07 Å². The Morgan fingerprint density at radius 2 is 1.85 bits per heavy atom. The summed E-state index contributed by atoms with van der Waals surface area (Å²) in [6.45, 7) is 8.61. The molecule has 0 heterocycles. The van der Waals surface area contributed by atoms with Gasteiger partial charge in [0.25, 0.3) is 0 Å². The summed E-state index contributed by atoms with van der Waals surface area (Å²) in [6, 6.07) is 6.17. The van der Waals surface area contributed by atoms with E-state index in [0.29, 0.717) is 0 Å². The summed E-state index contributed by atoms with van der Waals surface area (Å²) < 4.78 is 6.93. The predicted octanol–water partition coefficient (Wildman–Crippen LogP) is 3.97. The zero-order valence-electron chi connectivity index (χ0n) is 8.52. The first-order chi connectivity index (χ1) is 5.88. The third-order valence-corrected chi connectivity index (χ3v) is 2.96. The maximum atomic E-state index is 5.88. The molecule has 0 fully saturated rings. The number of halogens is 1. The van der Waals surface area contributed by atoms with Crippen LogP contribution in [0.5, 0.6) is 5.75 Å². The molecular formula is C10H15BrOSi. The minimum atomic E-state index is -1.48. The first kappa shape index (κ1) is 10.8. The van der Waals surface area contributed by atoms with Gasteiger partial charge in [-0.3, -0.25) is 0 Å². The molecule has 1 aromatic rings. The molecule has 0 aromatic heterocycles. The lowest BCUT2D eigenvalue weighted by molar-refractivity contribution is 0.554. The van der Waals surface area contributed by atoms with Gasteiger partial charge < -0.3 is 4.43 Å². The van der Waals surface area contributed by atoms with Gasteiger partial charge in [-0.05, 0) is 60.2 Å². The van der Waals surface area contributed by atoms with Crippen molar-refractivity contribution in [2.75, 3.05) is 0 Å². The molecule has 0 N–H and O–H groups in total. The van der Waals surface area contributed by atoms with Crippen LogP contribution in [-0.2, 0) is 0 Å². The zero-order chi connectivity index (χ0) is 10.1. The molecule has 0 spiro atoms. The fourth-order valence-corrected chi connectivity index (χ4v) is 2.58. The van der Waals surface area contributed by atoms with E-state index in [2.05, 4.69) is 54.6 Å². The smallest absolute Gasteiger partial charge is 0.242 e. The average Bonchev–Trinajstić information content (AvgIpc) is 1.93. The first-order valence-corrected chi connectivity index (χ1v) is 8.54. The highest BCUT2D eigenvalue weighted by Crippen LogP contribution is 2.27. The van der Waals surface area contributed by atoms with E-state index in [-0.39, 0.29) is 0 Å². The Morgan fingerprint density at radius 1 is 1.23 bits per heavy atom. The Balaban J connectivity index is 2.90. The van der Waals surface area contributed by atoms with E-state index in [4.69, 9.17) is 4.43 Å². The molecule has 0 amide bonds. The number of hydrogen-bond acceptors (Lipinski definition) is 1. The van der Waals surface area contributed by atoms with Gasteiger partial charge in [0.1, 0.15) is 5.75 Å². The molecule has 3 heteroatoms. The van der Waals surface area contributed by atoms with Gasteiger partial charge in [0.05, 0.1) is 4.47 Å². The zero-order valence-corrected chi connectivity index (χ0v) is 11.1. The predicted molar refractivity (Wildman–Crippen MR) is 62.9 cm³/mol. The Bertz CT molecular complexity index is 304. The molecule has 0 atom stereocenters. The Hall–Kier alpha value is -0.283. The molecule has 0 aliphatic rings. The summed E-state index contributed by atoms with van der Waals surface area (Å²) in [5.74, 6) is 0.963. The Labute approximate surface area is 89.4 Å². The second kappa shape index (κ2) is 3.84. The van der Waals surface area contributed by atoms with Crippen molar-refractivity contribution in [2.24, 2.45) is 0 Å². The molecule has 0 saturated carbocycles. The van der Waals surface area contributed by atoms with Crippen molar-refractivity contribution < 1.29 is 4.43 Å². The Morgan fingerprint density at radius 3 is 2.31 bits per heavy atom. The highest BCUT2D eigenvalue weighted by atomic mass is 79.9. The van der Waals surface area contributed by atoms with Gasteiger partial charge in [0, 0.05) is 0 Å². The molecule has 13 heavy (non-hydrogen) atoms. The van der Waals surface area contributed by atoms with Gasteiger partial charge >= 0.3 is 0 Å². The topological polar surface area (TPSA) is 9.23 Å². The molecule has 1 rings (SSSR count). The van der Waals surface area contributed by atoms with E-state index in [1.165, 1.54) is 5.56 Å². The van der Waals surface area contributed by atoms with E-state index >= 15 is 0 Å². The van der Waals surface area contributed by atoms with Crippen LogP contribution in [-0.4, -0.2) is 8.32 Å². The SMILES string of the molecule is Cc1ccc(O[Si](C)(C)C)c(Br)c1. The molecule has 72 valence electrons. The van der Waals surface area contributed by atoms with Gasteiger partial charge in [-0.2, -0.15) is 0 Å². The van der Waals surface area contributed by atoms with E-state index in [9.17, 15) is 0 Å². The third-order valence-electron chi connectivity index (χ3n) is 1.50. The number of hydrogen-bond donors (Lipinski definition) is 0. The van der Waals surface area contributed by atoms with Crippen LogP contribution >= 0.6 is 15.9 Å². The van der Waals surface area contributed by atoms with Crippen LogP contribution in [0.2, 0.25) is 19.6 Å².